The summed E-state index contributed by atoms with van der Waals surface area (Å²) in [7, 11) is 0. The average molecular weight is 328 g/mol. The van der Waals surface area contributed by atoms with Crippen molar-refractivity contribution in [3.63, 3.8) is 0 Å². The highest BCUT2D eigenvalue weighted by Crippen LogP contribution is 2.41. The topological polar surface area (TPSA) is 69.9 Å². The first kappa shape index (κ1) is 14.0. The smallest absolute Gasteiger partial charge is 0.174 e. The molecular weight excluding hydrogens is 312 g/mol. The van der Waals surface area contributed by atoms with Gasteiger partial charge in [-0.3, -0.25) is 0 Å². The summed E-state index contributed by atoms with van der Waals surface area (Å²) in [5.41, 5.74) is 12.9. The van der Waals surface area contributed by atoms with Crippen LogP contribution in [-0.2, 0) is 12.8 Å². The fourth-order valence-electron chi connectivity index (χ4n) is 3.44. The number of aromatic nitrogens is 3. The monoisotopic (exact) mass is 328 g/mol. The molecule has 1 aliphatic rings. The van der Waals surface area contributed by atoms with Crippen LogP contribution in [-0.4, -0.2) is 14.9 Å². The summed E-state index contributed by atoms with van der Waals surface area (Å²) in [4.78, 5) is 0. The van der Waals surface area contributed by atoms with Gasteiger partial charge in [0.15, 0.2) is 5.76 Å². The van der Waals surface area contributed by atoms with Crippen LogP contribution in [0.1, 0.15) is 11.3 Å². The third kappa shape index (κ3) is 2.16. The molecule has 0 radical (unpaired) electrons. The number of fused-ring (bicyclic) bond motifs is 3. The molecule has 0 saturated heterocycles. The largest absolute Gasteiger partial charge is 0.399 e. The van der Waals surface area contributed by atoms with Gasteiger partial charge in [0.05, 0.1) is 28.8 Å². The minimum Gasteiger partial charge on any atom is -0.399 e. The molecule has 2 heterocycles. The van der Waals surface area contributed by atoms with Crippen molar-refractivity contribution in [2.24, 2.45) is 0 Å². The average Bonchev–Trinajstić information content (AvgIpc) is 3.27. The van der Waals surface area contributed by atoms with Crippen LogP contribution in [0.3, 0.4) is 0 Å². The molecule has 0 amide bonds. The molecule has 2 aromatic heterocycles. The van der Waals surface area contributed by atoms with E-state index in [-0.39, 0.29) is 0 Å². The molecule has 0 aliphatic heterocycles. The van der Waals surface area contributed by atoms with Crippen molar-refractivity contribution in [1.29, 1.82) is 0 Å². The van der Waals surface area contributed by atoms with Gasteiger partial charge in [0.25, 0.3) is 0 Å². The summed E-state index contributed by atoms with van der Waals surface area (Å²) in [6.45, 7) is 0. The van der Waals surface area contributed by atoms with Gasteiger partial charge >= 0.3 is 0 Å². The molecule has 0 saturated carbocycles. The van der Waals surface area contributed by atoms with Crippen LogP contribution in [0.15, 0.2) is 65.3 Å². The normalized spacial score (nSPS) is 12.6. The van der Waals surface area contributed by atoms with Crippen molar-refractivity contribution in [3.05, 3.63) is 72.1 Å². The van der Waals surface area contributed by atoms with Crippen molar-refractivity contribution in [2.75, 3.05) is 5.73 Å². The zero-order valence-corrected chi connectivity index (χ0v) is 13.5. The van der Waals surface area contributed by atoms with Crippen molar-refractivity contribution in [2.45, 2.75) is 12.8 Å². The van der Waals surface area contributed by atoms with Crippen LogP contribution in [0.4, 0.5) is 5.69 Å². The van der Waals surface area contributed by atoms with E-state index in [0.29, 0.717) is 0 Å². The van der Waals surface area contributed by atoms with Gasteiger partial charge < -0.3 is 10.3 Å². The Balaban J connectivity index is 1.82. The summed E-state index contributed by atoms with van der Waals surface area (Å²) >= 11 is 0. The molecule has 122 valence electrons. The first-order chi connectivity index (χ1) is 12.3. The summed E-state index contributed by atoms with van der Waals surface area (Å²) in [6, 6.07) is 18.0. The van der Waals surface area contributed by atoms with Gasteiger partial charge in [0.2, 0.25) is 0 Å². The number of anilines is 1. The van der Waals surface area contributed by atoms with Crippen LogP contribution < -0.4 is 5.73 Å². The van der Waals surface area contributed by atoms with E-state index >= 15 is 0 Å². The van der Waals surface area contributed by atoms with Gasteiger partial charge in [0.1, 0.15) is 0 Å². The van der Waals surface area contributed by atoms with Crippen molar-refractivity contribution in [3.8, 4) is 28.3 Å². The van der Waals surface area contributed by atoms with E-state index in [1.54, 1.807) is 0 Å². The zero-order valence-electron chi connectivity index (χ0n) is 13.5. The Hall–Kier alpha value is -3.34. The van der Waals surface area contributed by atoms with Gasteiger partial charge in [-0.25, -0.2) is 4.68 Å². The van der Waals surface area contributed by atoms with Gasteiger partial charge in [-0.05, 0) is 37.1 Å². The molecule has 5 nitrogen and oxygen atoms in total. The Morgan fingerprint density at radius 3 is 2.56 bits per heavy atom. The molecule has 5 rings (SSSR count). The number of aryl methyl sites for hydroxylation is 2. The molecule has 1 aliphatic carbocycles. The molecule has 4 aromatic rings. The van der Waals surface area contributed by atoms with E-state index in [1.807, 2.05) is 53.3 Å². The van der Waals surface area contributed by atoms with Gasteiger partial charge in [0, 0.05) is 16.8 Å². The summed E-state index contributed by atoms with van der Waals surface area (Å²) in [6.07, 6.45) is 3.60. The molecule has 0 unspecified atom stereocenters. The fraction of sp³-hybridized carbons (Fsp3) is 0.100. The minimum atomic E-state index is 0.736. The Morgan fingerprint density at radius 1 is 0.960 bits per heavy atom. The van der Waals surface area contributed by atoms with E-state index < -0.39 is 0 Å². The fourth-order valence-corrected chi connectivity index (χ4v) is 3.44. The maximum absolute atomic E-state index is 5.85. The van der Waals surface area contributed by atoms with Crippen molar-refractivity contribution < 1.29 is 4.52 Å². The predicted octanol–water partition coefficient (Wildman–Crippen LogP) is 3.88. The van der Waals surface area contributed by atoms with E-state index in [4.69, 9.17) is 15.4 Å². The molecule has 0 bridgehead atoms. The Kier molecular flexibility index (Phi) is 3.00. The van der Waals surface area contributed by atoms with Crippen molar-refractivity contribution >= 4 is 5.69 Å². The van der Waals surface area contributed by atoms with Gasteiger partial charge in [-0.2, -0.15) is 5.10 Å². The number of benzene rings is 2. The molecule has 0 spiro atoms. The highest BCUT2D eigenvalue weighted by Gasteiger charge is 2.29. The van der Waals surface area contributed by atoms with E-state index in [1.165, 1.54) is 0 Å². The number of hydrogen-bond donors (Lipinski definition) is 1. The standard InChI is InChI=1S/C20H16N4O/c21-15-7-9-16(10-8-15)24-19(13-4-2-1-3-5-13)18-17(23-24)11-6-14-12-22-25-20(14)18/h1-5,7-10,12H,6,11,21H2. The maximum Gasteiger partial charge on any atom is 0.174 e. The van der Waals surface area contributed by atoms with Crippen LogP contribution >= 0.6 is 0 Å². The number of nitrogens with two attached hydrogens (primary N) is 1. The molecule has 0 atom stereocenters. The number of nitrogen functional groups attached to an aromatic ring is 1. The van der Waals surface area contributed by atoms with Crippen molar-refractivity contribution in [1.82, 2.24) is 14.9 Å². The van der Waals surface area contributed by atoms with E-state index in [0.717, 1.165) is 58.1 Å². The van der Waals surface area contributed by atoms with Crippen LogP contribution in [0.5, 0.6) is 0 Å². The lowest BCUT2D eigenvalue weighted by Gasteiger charge is -2.11. The second-order valence-corrected chi connectivity index (χ2v) is 6.22. The Labute approximate surface area is 144 Å². The zero-order chi connectivity index (χ0) is 16.8. The molecule has 25 heavy (non-hydrogen) atoms. The Bertz CT molecular complexity index is 1050. The quantitative estimate of drug-likeness (QED) is 0.567. The number of hydrogen-bond acceptors (Lipinski definition) is 4. The summed E-state index contributed by atoms with van der Waals surface area (Å²) in [5.74, 6) is 0.835. The third-order valence-corrected chi connectivity index (χ3v) is 4.65. The van der Waals surface area contributed by atoms with Crippen LogP contribution in [0.2, 0.25) is 0 Å². The third-order valence-electron chi connectivity index (χ3n) is 4.65. The highest BCUT2D eigenvalue weighted by molar-refractivity contribution is 5.84. The Morgan fingerprint density at radius 2 is 1.76 bits per heavy atom. The van der Waals surface area contributed by atoms with E-state index in [9.17, 15) is 0 Å². The molecule has 2 N–H and O–H groups in total. The van der Waals surface area contributed by atoms with Gasteiger partial charge in [-0.1, -0.05) is 35.5 Å². The van der Waals surface area contributed by atoms with Gasteiger partial charge in [-0.15, -0.1) is 0 Å². The number of rotatable bonds is 2. The first-order valence-electron chi connectivity index (χ1n) is 8.28. The SMILES string of the molecule is Nc1ccc(-n2nc3c(c2-c2ccccc2)-c2oncc2CC3)cc1. The second-order valence-electron chi connectivity index (χ2n) is 6.22. The molecule has 0 fully saturated rings. The highest BCUT2D eigenvalue weighted by atomic mass is 16.5. The van der Waals surface area contributed by atoms with Crippen LogP contribution in [0, 0.1) is 0 Å². The minimum absolute atomic E-state index is 0.736. The second kappa shape index (κ2) is 5.34. The van der Waals surface area contributed by atoms with Crippen LogP contribution in [0.25, 0.3) is 28.3 Å². The summed E-state index contributed by atoms with van der Waals surface area (Å²) in [5, 5.41) is 8.90. The lowest BCUT2D eigenvalue weighted by molar-refractivity contribution is 0.430. The summed E-state index contributed by atoms with van der Waals surface area (Å²) < 4.78 is 7.57. The molecular formula is C20H16N4O. The molecule has 2 aromatic carbocycles. The van der Waals surface area contributed by atoms with E-state index in [2.05, 4.69) is 17.3 Å². The lowest BCUT2D eigenvalue weighted by Crippen LogP contribution is -2.01. The number of nitrogens with zero attached hydrogens (tertiary/aromatic N) is 3. The maximum atomic E-state index is 5.85. The predicted molar refractivity (Wildman–Crippen MR) is 96.3 cm³/mol. The molecule has 5 heteroatoms. The lowest BCUT2D eigenvalue weighted by atomic mass is 9.93. The first-order valence-corrected chi connectivity index (χ1v) is 8.28.